The van der Waals surface area contributed by atoms with Crippen molar-refractivity contribution in [1.29, 1.82) is 0 Å². The molecule has 21 heavy (non-hydrogen) atoms. The largest absolute Gasteiger partial charge is 0.325 e. The van der Waals surface area contributed by atoms with E-state index in [2.05, 4.69) is 27.3 Å². The van der Waals surface area contributed by atoms with E-state index in [-0.39, 0.29) is 18.0 Å². The molecule has 1 aromatic carbocycles. The van der Waals surface area contributed by atoms with Crippen LogP contribution in [0, 0.1) is 0 Å². The first-order valence-electron chi connectivity index (χ1n) is 6.89. The van der Waals surface area contributed by atoms with Crippen molar-refractivity contribution in [3.05, 3.63) is 62.5 Å². The zero-order valence-corrected chi connectivity index (χ0v) is 13.0. The van der Waals surface area contributed by atoms with E-state index in [9.17, 15) is 9.59 Å². The molecule has 1 amide bonds. The molecular weight excluding hydrogens is 332 g/mol. The summed E-state index contributed by atoms with van der Waals surface area (Å²) in [5.41, 5.74) is 3.29. The molecule has 0 saturated carbocycles. The summed E-state index contributed by atoms with van der Waals surface area (Å²) >= 11 is 3.30. The summed E-state index contributed by atoms with van der Waals surface area (Å²) in [6.07, 6.45) is 4.99. The standard InChI is InChI=1S/C16H15BrN2O2/c17-13-5-7-16(21)19(9-13)10-15(20)18-14-6-4-11-2-1-3-12(11)8-14/h4-9H,1-3,10H2,(H,18,20). The van der Waals surface area contributed by atoms with E-state index in [4.69, 9.17) is 0 Å². The Labute approximate surface area is 130 Å². The monoisotopic (exact) mass is 346 g/mol. The predicted octanol–water partition coefficient (Wildman–Crippen LogP) is 2.74. The van der Waals surface area contributed by atoms with Gasteiger partial charge < -0.3 is 9.88 Å². The summed E-state index contributed by atoms with van der Waals surface area (Å²) in [4.78, 5) is 23.7. The third-order valence-corrected chi connectivity index (χ3v) is 4.11. The van der Waals surface area contributed by atoms with Gasteiger partial charge in [0.2, 0.25) is 5.91 Å². The van der Waals surface area contributed by atoms with E-state index in [1.54, 1.807) is 12.3 Å². The molecule has 5 heteroatoms. The van der Waals surface area contributed by atoms with Crippen LogP contribution in [0.25, 0.3) is 0 Å². The molecule has 1 aromatic heterocycles. The Kier molecular flexibility index (Phi) is 3.92. The first-order chi connectivity index (χ1) is 10.1. The van der Waals surface area contributed by atoms with Crippen LogP contribution in [0.3, 0.4) is 0 Å². The third-order valence-electron chi connectivity index (χ3n) is 3.64. The number of rotatable bonds is 3. The molecule has 1 aliphatic rings. The Morgan fingerprint density at radius 1 is 1.19 bits per heavy atom. The van der Waals surface area contributed by atoms with Gasteiger partial charge in [0.25, 0.3) is 5.56 Å². The van der Waals surface area contributed by atoms with Gasteiger partial charge in [0.15, 0.2) is 0 Å². The number of nitrogens with one attached hydrogen (secondary N) is 1. The maximum atomic E-state index is 12.1. The van der Waals surface area contributed by atoms with Gasteiger partial charge >= 0.3 is 0 Å². The van der Waals surface area contributed by atoms with Gasteiger partial charge in [-0.15, -0.1) is 0 Å². The first kappa shape index (κ1) is 14.1. The number of fused-ring (bicyclic) bond motifs is 1. The fraction of sp³-hybridized carbons (Fsp3) is 0.250. The number of nitrogens with zero attached hydrogens (tertiary/aromatic N) is 1. The van der Waals surface area contributed by atoms with E-state index >= 15 is 0 Å². The van der Waals surface area contributed by atoms with Crippen LogP contribution in [-0.2, 0) is 24.2 Å². The second-order valence-electron chi connectivity index (χ2n) is 5.20. The van der Waals surface area contributed by atoms with Gasteiger partial charge in [0, 0.05) is 22.4 Å². The lowest BCUT2D eigenvalue weighted by molar-refractivity contribution is -0.116. The summed E-state index contributed by atoms with van der Waals surface area (Å²) in [5, 5.41) is 2.85. The summed E-state index contributed by atoms with van der Waals surface area (Å²) in [5.74, 6) is -0.201. The van der Waals surface area contributed by atoms with Gasteiger partial charge in [-0.05, 0) is 64.5 Å². The van der Waals surface area contributed by atoms with Crippen LogP contribution in [0.4, 0.5) is 5.69 Å². The lowest BCUT2D eigenvalue weighted by Gasteiger charge is -2.09. The van der Waals surface area contributed by atoms with Crippen LogP contribution in [0.5, 0.6) is 0 Å². The molecule has 4 nitrogen and oxygen atoms in total. The number of aryl methyl sites for hydroxylation is 2. The minimum absolute atomic E-state index is 0.00928. The molecule has 2 aromatic rings. The lowest BCUT2D eigenvalue weighted by atomic mass is 10.1. The van der Waals surface area contributed by atoms with Crippen LogP contribution >= 0.6 is 15.9 Å². The van der Waals surface area contributed by atoms with Crippen LogP contribution in [0.15, 0.2) is 45.8 Å². The second-order valence-corrected chi connectivity index (χ2v) is 6.11. The normalized spacial score (nSPS) is 13.0. The minimum Gasteiger partial charge on any atom is -0.325 e. The van der Waals surface area contributed by atoms with E-state index in [1.165, 1.54) is 28.2 Å². The van der Waals surface area contributed by atoms with E-state index < -0.39 is 0 Å². The van der Waals surface area contributed by atoms with Crippen molar-refractivity contribution in [2.75, 3.05) is 5.32 Å². The fourth-order valence-corrected chi connectivity index (χ4v) is 3.01. The Balaban J connectivity index is 1.72. The number of anilines is 1. The maximum Gasteiger partial charge on any atom is 0.251 e. The smallest absolute Gasteiger partial charge is 0.251 e. The Hall–Kier alpha value is -1.88. The number of carbonyl (C=O) groups excluding carboxylic acids is 1. The van der Waals surface area contributed by atoms with Gasteiger partial charge in [-0.2, -0.15) is 0 Å². The van der Waals surface area contributed by atoms with Crippen molar-refractivity contribution in [3.8, 4) is 0 Å². The first-order valence-corrected chi connectivity index (χ1v) is 7.69. The van der Waals surface area contributed by atoms with Crippen LogP contribution < -0.4 is 10.9 Å². The molecule has 0 spiro atoms. The summed E-state index contributed by atoms with van der Waals surface area (Å²) < 4.78 is 2.15. The quantitative estimate of drug-likeness (QED) is 0.928. The second kappa shape index (κ2) is 5.85. The van der Waals surface area contributed by atoms with Crippen molar-refractivity contribution < 1.29 is 4.79 Å². The number of halogens is 1. The Morgan fingerprint density at radius 3 is 2.86 bits per heavy atom. The minimum atomic E-state index is -0.201. The van der Waals surface area contributed by atoms with Crippen LogP contribution in [-0.4, -0.2) is 10.5 Å². The Morgan fingerprint density at radius 2 is 2.00 bits per heavy atom. The van der Waals surface area contributed by atoms with E-state index in [0.29, 0.717) is 0 Å². The van der Waals surface area contributed by atoms with Gasteiger partial charge in [0.1, 0.15) is 6.54 Å². The highest BCUT2D eigenvalue weighted by molar-refractivity contribution is 9.10. The number of hydrogen-bond acceptors (Lipinski definition) is 2. The Bertz CT molecular complexity index is 752. The zero-order valence-electron chi connectivity index (χ0n) is 11.4. The molecular formula is C16H15BrN2O2. The van der Waals surface area contributed by atoms with Crippen molar-refractivity contribution in [3.63, 3.8) is 0 Å². The van der Waals surface area contributed by atoms with Gasteiger partial charge in [-0.1, -0.05) is 6.07 Å². The average molecular weight is 347 g/mol. The molecule has 0 aliphatic heterocycles. The molecule has 0 unspecified atom stereocenters. The highest BCUT2D eigenvalue weighted by Gasteiger charge is 2.12. The van der Waals surface area contributed by atoms with Gasteiger partial charge in [-0.3, -0.25) is 9.59 Å². The number of hydrogen-bond donors (Lipinski definition) is 1. The number of aromatic nitrogens is 1. The number of amides is 1. The van der Waals surface area contributed by atoms with Crippen LogP contribution in [0.1, 0.15) is 17.5 Å². The lowest BCUT2D eigenvalue weighted by Crippen LogP contribution is -2.26. The summed E-state index contributed by atoms with van der Waals surface area (Å²) in [6.45, 7) is 0.00928. The van der Waals surface area contributed by atoms with E-state index in [1.807, 2.05) is 12.1 Å². The molecule has 0 fully saturated rings. The predicted molar refractivity (Wildman–Crippen MR) is 85.5 cm³/mol. The van der Waals surface area contributed by atoms with Gasteiger partial charge in [-0.25, -0.2) is 0 Å². The molecule has 1 heterocycles. The van der Waals surface area contributed by atoms with E-state index in [0.717, 1.165) is 23.0 Å². The average Bonchev–Trinajstić information content (AvgIpc) is 2.90. The SMILES string of the molecule is O=C(Cn1cc(Br)ccc1=O)Nc1ccc2c(c1)CCC2. The number of benzene rings is 1. The van der Waals surface area contributed by atoms with Gasteiger partial charge in [0.05, 0.1) is 0 Å². The van der Waals surface area contributed by atoms with Crippen molar-refractivity contribution >= 4 is 27.5 Å². The van der Waals surface area contributed by atoms with Crippen LogP contribution in [0.2, 0.25) is 0 Å². The summed E-state index contributed by atoms with van der Waals surface area (Å²) in [6, 6.07) is 9.13. The topological polar surface area (TPSA) is 51.1 Å². The molecule has 108 valence electrons. The fourth-order valence-electron chi connectivity index (χ4n) is 2.63. The number of pyridine rings is 1. The highest BCUT2D eigenvalue weighted by Crippen LogP contribution is 2.24. The molecule has 0 radical (unpaired) electrons. The molecule has 1 N–H and O–H groups in total. The van der Waals surface area contributed by atoms with Crippen molar-refractivity contribution in [1.82, 2.24) is 4.57 Å². The molecule has 3 rings (SSSR count). The number of carbonyl (C=O) groups is 1. The molecule has 1 aliphatic carbocycles. The van der Waals surface area contributed by atoms with Crippen molar-refractivity contribution in [2.45, 2.75) is 25.8 Å². The third kappa shape index (κ3) is 3.24. The zero-order chi connectivity index (χ0) is 14.8. The highest BCUT2D eigenvalue weighted by atomic mass is 79.9. The molecule has 0 saturated heterocycles. The molecule has 0 atom stereocenters. The molecule has 0 bridgehead atoms. The maximum absolute atomic E-state index is 12.1. The van der Waals surface area contributed by atoms with Crippen molar-refractivity contribution in [2.24, 2.45) is 0 Å². The summed E-state index contributed by atoms with van der Waals surface area (Å²) in [7, 11) is 0.